The van der Waals surface area contributed by atoms with Crippen molar-refractivity contribution in [2.75, 3.05) is 11.1 Å². The van der Waals surface area contributed by atoms with E-state index in [4.69, 9.17) is 11.6 Å². The first-order valence-corrected chi connectivity index (χ1v) is 10.4. The van der Waals surface area contributed by atoms with Crippen LogP contribution in [0.15, 0.2) is 48.5 Å². The van der Waals surface area contributed by atoms with Crippen LogP contribution in [0.1, 0.15) is 35.6 Å². The third kappa shape index (κ3) is 4.41. The second kappa shape index (κ2) is 7.58. The highest BCUT2D eigenvalue weighted by atomic mass is 35.5. The fourth-order valence-electron chi connectivity index (χ4n) is 3.22. The molecule has 3 rings (SSSR count). The number of fused-ring (bicyclic) bond motifs is 1. The number of nitrogens with one attached hydrogen (secondary N) is 1. The van der Waals surface area contributed by atoms with Crippen molar-refractivity contribution in [3.8, 4) is 0 Å². The fourth-order valence-corrected chi connectivity index (χ4v) is 5.24. The lowest BCUT2D eigenvalue weighted by Crippen LogP contribution is -2.24. The Kier molecular flexibility index (Phi) is 5.45. The number of rotatable bonds is 5. The van der Waals surface area contributed by atoms with Gasteiger partial charge in [-0.05, 0) is 54.7 Å². The van der Waals surface area contributed by atoms with Crippen LogP contribution < -0.4 is 5.32 Å². The van der Waals surface area contributed by atoms with Crippen LogP contribution in [0.2, 0.25) is 5.02 Å². The Morgan fingerprint density at radius 3 is 2.60 bits per heavy atom. The van der Waals surface area contributed by atoms with E-state index in [0.717, 1.165) is 24.0 Å². The Hall–Kier alpha value is -1.85. The smallest absolute Gasteiger partial charge is 0.225 e. The first-order chi connectivity index (χ1) is 12.0. The number of aryl methyl sites for hydroxylation is 1. The van der Waals surface area contributed by atoms with Crippen molar-refractivity contribution in [3.05, 3.63) is 64.7 Å². The van der Waals surface area contributed by atoms with Crippen LogP contribution in [0.5, 0.6) is 0 Å². The molecule has 0 fully saturated rings. The van der Waals surface area contributed by atoms with Crippen LogP contribution in [0, 0.1) is 0 Å². The summed E-state index contributed by atoms with van der Waals surface area (Å²) < 4.78 is 25.5. The zero-order valence-corrected chi connectivity index (χ0v) is 15.3. The van der Waals surface area contributed by atoms with Gasteiger partial charge in [0.2, 0.25) is 5.91 Å². The summed E-state index contributed by atoms with van der Waals surface area (Å²) in [6.07, 6.45) is 2.35. The first-order valence-electron chi connectivity index (χ1n) is 8.30. The van der Waals surface area contributed by atoms with Crippen molar-refractivity contribution >= 4 is 33.0 Å². The second-order valence-corrected chi connectivity index (χ2v) is 8.99. The molecular formula is C19H20ClNO3S. The van der Waals surface area contributed by atoms with Gasteiger partial charge in [-0.25, -0.2) is 8.42 Å². The number of anilines is 1. The standard InChI is InChI=1S/C19H20ClNO3S/c20-15-8-10-16(11-9-15)21-19(22)12-13-25(23,24)18-7-3-5-14-4-1-2-6-17(14)18/h1-2,4,6,8-11,18H,3,5,7,12-13H2,(H,21,22). The fraction of sp³-hybridized carbons (Fsp3) is 0.316. The summed E-state index contributed by atoms with van der Waals surface area (Å²) in [6.45, 7) is 0. The molecule has 2 aromatic rings. The Morgan fingerprint density at radius 2 is 1.84 bits per heavy atom. The molecule has 0 radical (unpaired) electrons. The molecule has 4 nitrogen and oxygen atoms in total. The first kappa shape index (κ1) is 18.0. The molecule has 0 aromatic heterocycles. The van der Waals surface area contributed by atoms with Crippen LogP contribution in [-0.4, -0.2) is 20.1 Å². The minimum absolute atomic E-state index is 0.0520. The maximum absolute atomic E-state index is 12.8. The number of sulfone groups is 1. The molecule has 6 heteroatoms. The highest BCUT2D eigenvalue weighted by Crippen LogP contribution is 2.36. The molecule has 1 aliphatic carbocycles. The molecule has 0 saturated carbocycles. The lowest BCUT2D eigenvalue weighted by atomic mass is 9.91. The van der Waals surface area contributed by atoms with Gasteiger partial charge < -0.3 is 5.32 Å². The Labute approximate surface area is 153 Å². The van der Waals surface area contributed by atoms with Crippen molar-refractivity contribution in [1.82, 2.24) is 0 Å². The molecule has 0 aliphatic heterocycles. The second-order valence-electron chi connectivity index (χ2n) is 6.25. The number of benzene rings is 2. The van der Waals surface area contributed by atoms with Gasteiger partial charge in [-0.3, -0.25) is 4.79 Å². The number of carbonyl (C=O) groups is 1. The van der Waals surface area contributed by atoms with Crippen molar-refractivity contribution in [3.63, 3.8) is 0 Å². The van der Waals surface area contributed by atoms with E-state index < -0.39 is 15.1 Å². The minimum atomic E-state index is -3.37. The van der Waals surface area contributed by atoms with E-state index in [-0.39, 0.29) is 18.1 Å². The molecule has 0 bridgehead atoms. The molecule has 0 spiro atoms. The van der Waals surface area contributed by atoms with E-state index in [1.54, 1.807) is 24.3 Å². The van der Waals surface area contributed by atoms with Gasteiger partial charge in [0.15, 0.2) is 9.84 Å². The number of hydrogen-bond acceptors (Lipinski definition) is 3. The van der Waals surface area contributed by atoms with Gasteiger partial charge in [-0.2, -0.15) is 0 Å². The van der Waals surface area contributed by atoms with E-state index >= 15 is 0 Å². The van der Waals surface area contributed by atoms with Crippen molar-refractivity contribution < 1.29 is 13.2 Å². The van der Waals surface area contributed by atoms with Crippen LogP contribution in [0.25, 0.3) is 0 Å². The van der Waals surface area contributed by atoms with E-state index in [1.807, 2.05) is 24.3 Å². The van der Waals surface area contributed by atoms with Crippen LogP contribution >= 0.6 is 11.6 Å². The zero-order chi connectivity index (χ0) is 17.9. The van der Waals surface area contributed by atoms with Crippen molar-refractivity contribution in [1.29, 1.82) is 0 Å². The third-order valence-corrected chi connectivity index (χ3v) is 6.87. The summed E-state index contributed by atoms with van der Waals surface area (Å²) in [6, 6.07) is 14.4. The van der Waals surface area contributed by atoms with Gasteiger partial charge >= 0.3 is 0 Å². The summed E-state index contributed by atoms with van der Waals surface area (Å²) in [5.74, 6) is -0.458. The molecule has 132 valence electrons. The largest absolute Gasteiger partial charge is 0.326 e. The van der Waals surface area contributed by atoms with Gasteiger partial charge in [-0.15, -0.1) is 0 Å². The van der Waals surface area contributed by atoms with Gasteiger partial charge in [0.05, 0.1) is 11.0 Å². The predicted octanol–water partition coefficient (Wildman–Crippen LogP) is 4.16. The molecule has 1 N–H and O–H groups in total. The minimum Gasteiger partial charge on any atom is -0.326 e. The van der Waals surface area contributed by atoms with Gasteiger partial charge in [0.25, 0.3) is 0 Å². The van der Waals surface area contributed by atoms with Crippen LogP contribution in [0.4, 0.5) is 5.69 Å². The van der Waals surface area contributed by atoms with Gasteiger partial charge in [-0.1, -0.05) is 35.9 Å². The SMILES string of the molecule is O=C(CCS(=O)(=O)C1CCCc2ccccc21)Nc1ccc(Cl)cc1. The lowest BCUT2D eigenvalue weighted by Gasteiger charge is -2.25. The summed E-state index contributed by atoms with van der Waals surface area (Å²) in [5.41, 5.74) is 2.61. The lowest BCUT2D eigenvalue weighted by molar-refractivity contribution is -0.115. The quantitative estimate of drug-likeness (QED) is 0.850. The highest BCUT2D eigenvalue weighted by Gasteiger charge is 2.31. The maximum atomic E-state index is 12.8. The zero-order valence-electron chi connectivity index (χ0n) is 13.7. The van der Waals surface area contributed by atoms with Gasteiger partial charge in [0, 0.05) is 17.1 Å². The molecule has 0 heterocycles. The Bertz CT molecular complexity index is 862. The summed E-state index contributed by atoms with van der Waals surface area (Å²) in [7, 11) is -3.37. The predicted molar refractivity (Wildman–Crippen MR) is 101 cm³/mol. The van der Waals surface area contributed by atoms with Crippen molar-refractivity contribution in [2.24, 2.45) is 0 Å². The molecular weight excluding hydrogens is 358 g/mol. The number of hydrogen-bond donors (Lipinski definition) is 1. The summed E-state index contributed by atoms with van der Waals surface area (Å²) >= 11 is 5.80. The molecule has 1 aliphatic rings. The van der Waals surface area contributed by atoms with Gasteiger partial charge in [0.1, 0.15) is 0 Å². The van der Waals surface area contributed by atoms with Crippen molar-refractivity contribution in [2.45, 2.75) is 30.9 Å². The molecule has 0 saturated heterocycles. The highest BCUT2D eigenvalue weighted by molar-refractivity contribution is 7.91. The van der Waals surface area contributed by atoms with Crippen LogP contribution in [0.3, 0.4) is 0 Å². The number of halogens is 1. The number of amides is 1. The molecule has 1 atom stereocenters. The van der Waals surface area contributed by atoms with E-state index in [9.17, 15) is 13.2 Å². The number of carbonyl (C=O) groups excluding carboxylic acids is 1. The topological polar surface area (TPSA) is 63.2 Å². The molecule has 25 heavy (non-hydrogen) atoms. The van der Waals surface area contributed by atoms with E-state index in [2.05, 4.69) is 5.32 Å². The maximum Gasteiger partial charge on any atom is 0.225 e. The monoisotopic (exact) mass is 377 g/mol. The molecule has 1 unspecified atom stereocenters. The van der Waals surface area contributed by atoms with E-state index in [1.165, 1.54) is 0 Å². The third-order valence-electron chi connectivity index (χ3n) is 4.49. The Morgan fingerprint density at radius 1 is 1.12 bits per heavy atom. The van der Waals surface area contributed by atoms with E-state index in [0.29, 0.717) is 17.1 Å². The average molecular weight is 378 g/mol. The normalized spacial score (nSPS) is 16.9. The average Bonchev–Trinajstić information content (AvgIpc) is 2.61. The molecule has 2 aromatic carbocycles. The van der Waals surface area contributed by atoms with Crippen LogP contribution in [-0.2, 0) is 21.1 Å². The summed E-state index contributed by atoms with van der Waals surface area (Å²) in [5, 5.41) is 2.78. The Balaban J connectivity index is 1.64. The molecule has 1 amide bonds. The summed E-state index contributed by atoms with van der Waals surface area (Å²) in [4.78, 5) is 12.1.